The van der Waals surface area contributed by atoms with E-state index >= 15 is 0 Å². The molecule has 0 atom stereocenters. The van der Waals surface area contributed by atoms with Gasteiger partial charge in [0.2, 0.25) is 0 Å². The molecule has 1 fully saturated rings. The Labute approximate surface area is 157 Å². The SMILES string of the molecule is COc1cc(CN2CCC(N)CC2)cc2c(-c3cccs3)cnc(N)c12. The van der Waals surface area contributed by atoms with Crippen LogP contribution in [-0.2, 0) is 6.54 Å². The monoisotopic (exact) mass is 368 g/mol. The van der Waals surface area contributed by atoms with Crippen LogP contribution in [0.15, 0.2) is 35.8 Å². The number of benzene rings is 1. The van der Waals surface area contributed by atoms with E-state index in [0.29, 0.717) is 11.9 Å². The van der Waals surface area contributed by atoms with E-state index in [1.807, 2.05) is 6.20 Å². The number of likely N-dealkylation sites (tertiary alicyclic amines) is 1. The normalized spacial score (nSPS) is 16.2. The Balaban J connectivity index is 1.79. The van der Waals surface area contributed by atoms with Gasteiger partial charge < -0.3 is 16.2 Å². The van der Waals surface area contributed by atoms with Gasteiger partial charge in [-0.25, -0.2) is 4.98 Å². The van der Waals surface area contributed by atoms with Gasteiger partial charge in [-0.2, -0.15) is 0 Å². The zero-order valence-electron chi connectivity index (χ0n) is 14.9. The Morgan fingerprint density at radius 2 is 2.12 bits per heavy atom. The summed E-state index contributed by atoms with van der Waals surface area (Å²) >= 11 is 1.71. The maximum atomic E-state index is 6.19. The van der Waals surface area contributed by atoms with E-state index in [0.717, 1.165) is 54.6 Å². The number of fused-ring (bicyclic) bond motifs is 1. The number of hydrogen-bond donors (Lipinski definition) is 2. The molecule has 1 aromatic carbocycles. The van der Waals surface area contributed by atoms with Crippen molar-refractivity contribution in [1.82, 2.24) is 9.88 Å². The molecular formula is C20H24N4OS. The van der Waals surface area contributed by atoms with Crippen LogP contribution in [0.4, 0.5) is 5.82 Å². The zero-order valence-corrected chi connectivity index (χ0v) is 15.8. The fraction of sp³-hybridized carbons (Fsp3) is 0.350. The molecule has 1 aliphatic rings. The molecule has 5 nitrogen and oxygen atoms in total. The number of piperidine rings is 1. The van der Waals surface area contributed by atoms with Crippen LogP contribution in [0.5, 0.6) is 5.75 Å². The predicted octanol–water partition coefficient (Wildman–Crippen LogP) is 3.48. The third-order valence-corrected chi connectivity index (χ3v) is 5.99. The second kappa shape index (κ2) is 7.23. The van der Waals surface area contributed by atoms with Crippen LogP contribution in [0, 0.1) is 0 Å². The fourth-order valence-corrected chi connectivity index (χ4v) is 4.42. The number of nitrogens with zero attached hydrogens (tertiary/aromatic N) is 2. The Morgan fingerprint density at radius 1 is 1.31 bits per heavy atom. The first-order valence-electron chi connectivity index (χ1n) is 8.92. The number of ether oxygens (including phenoxy) is 1. The second-order valence-electron chi connectivity index (χ2n) is 6.87. The summed E-state index contributed by atoms with van der Waals surface area (Å²) in [5.41, 5.74) is 14.6. The van der Waals surface area contributed by atoms with E-state index in [-0.39, 0.29) is 0 Å². The van der Waals surface area contributed by atoms with Crippen LogP contribution in [-0.4, -0.2) is 36.1 Å². The number of anilines is 1. The van der Waals surface area contributed by atoms with Crippen LogP contribution >= 0.6 is 11.3 Å². The van der Waals surface area contributed by atoms with Crippen LogP contribution < -0.4 is 16.2 Å². The van der Waals surface area contributed by atoms with E-state index in [2.05, 4.69) is 39.5 Å². The van der Waals surface area contributed by atoms with Crippen molar-refractivity contribution in [1.29, 1.82) is 0 Å². The van der Waals surface area contributed by atoms with Crippen molar-refractivity contribution < 1.29 is 4.74 Å². The number of aromatic nitrogens is 1. The van der Waals surface area contributed by atoms with Crippen molar-refractivity contribution in [3.05, 3.63) is 41.4 Å². The number of nitrogens with two attached hydrogens (primary N) is 2. The molecule has 0 bridgehead atoms. The van der Waals surface area contributed by atoms with Gasteiger partial charge in [0.25, 0.3) is 0 Å². The van der Waals surface area contributed by atoms with Crippen LogP contribution in [0.3, 0.4) is 0 Å². The van der Waals surface area contributed by atoms with Gasteiger partial charge in [-0.15, -0.1) is 11.3 Å². The summed E-state index contributed by atoms with van der Waals surface area (Å²) in [5, 5.41) is 4.07. The van der Waals surface area contributed by atoms with Gasteiger partial charge in [0.05, 0.1) is 12.5 Å². The van der Waals surface area contributed by atoms with Crippen molar-refractivity contribution >= 4 is 27.9 Å². The molecule has 6 heteroatoms. The number of pyridine rings is 1. The standard InChI is InChI=1S/C20H24N4OS/c1-25-17-10-13(12-24-6-4-14(21)5-7-24)9-15-16(18-3-2-8-26-18)11-23-20(22)19(15)17/h2-3,8-11,14H,4-7,12,21H2,1H3,(H2,22,23). The molecule has 0 saturated carbocycles. The fourth-order valence-electron chi connectivity index (χ4n) is 3.67. The summed E-state index contributed by atoms with van der Waals surface area (Å²) in [4.78, 5) is 8.05. The molecule has 0 aliphatic carbocycles. The van der Waals surface area contributed by atoms with Gasteiger partial charge >= 0.3 is 0 Å². The lowest BCUT2D eigenvalue weighted by Crippen LogP contribution is -2.39. The summed E-state index contributed by atoms with van der Waals surface area (Å²) < 4.78 is 5.67. The summed E-state index contributed by atoms with van der Waals surface area (Å²) in [5.74, 6) is 1.29. The van der Waals surface area contributed by atoms with Gasteiger partial charge in [0.1, 0.15) is 11.6 Å². The first-order chi connectivity index (χ1) is 12.7. The first-order valence-corrected chi connectivity index (χ1v) is 9.80. The van der Waals surface area contributed by atoms with Crippen LogP contribution in [0.2, 0.25) is 0 Å². The Kier molecular flexibility index (Phi) is 4.80. The number of hydrogen-bond acceptors (Lipinski definition) is 6. The third-order valence-electron chi connectivity index (χ3n) is 5.09. The van der Waals surface area contributed by atoms with Crippen molar-refractivity contribution in [3.8, 4) is 16.2 Å². The number of thiophene rings is 1. The van der Waals surface area contributed by atoms with Crippen molar-refractivity contribution in [2.24, 2.45) is 5.73 Å². The summed E-state index contributed by atoms with van der Waals surface area (Å²) in [6, 6.07) is 8.84. The topological polar surface area (TPSA) is 77.4 Å². The first kappa shape index (κ1) is 17.3. The van der Waals surface area contributed by atoms with Crippen molar-refractivity contribution in [2.75, 3.05) is 25.9 Å². The maximum Gasteiger partial charge on any atom is 0.135 e. The quantitative estimate of drug-likeness (QED) is 0.737. The highest BCUT2D eigenvalue weighted by Gasteiger charge is 2.18. The second-order valence-corrected chi connectivity index (χ2v) is 7.82. The average molecular weight is 369 g/mol. The summed E-state index contributed by atoms with van der Waals surface area (Å²) in [6.45, 7) is 2.97. The Bertz CT molecular complexity index is 902. The van der Waals surface area contributed by atoms with E-state index < -0.39 is 0 Å². The minimum atomic E-state index is 0.341. The number of nitrogen functional groups attached to an aromatic ring is 1. The van der Waals surface area contributed by atoms with Crippen molar-refractivity contribution in [3.63, 3.8) is 0 Å². The molecule has 2 aromatic heterocycles. The lowest BCUT2D eigenvalue weighted by Gasteiger charge is -2.30. The molecule has 3 aromatic rings. The smallest absolute Gasteiger partial charge is 0.135 e. The lowest BCUT2D eigenvalue weighted by molar-refractivity contribution is 0.205. The number of rotatable bonds is 4. The molecule has 1 saturated heterocycles. The van der Waals surface area contributed by atoms with Gasteiger partial charge in [-0.3, -0.25) is 4.90 Å². The number of methoxy groups -OCH3 is 1. The van der Waals surface area contributed by atoms with Crippen LogP contribution in [0.1, 0.15) is 18.4 Å². The predicted molar refractivity (Wildman–Crippen MR) is 109 cm³/mol. The van der Waals surface area contributed by atoms with E-state index in [1.54, 1.807) is 18.4 Å². The molecule has 4 rings (SSSR count). The molecule has 136 valence electrons. The van der Waals surface area contributed by atoms with E-state index in [4.69, 9.17) is 16.2 Å². The highest BCUT2D eigenvalue weighted by atomic mass is 32.1. The zero-order chi connectivity index (χ0) is 18.1. The van der Waals surface area contributed by atoms with Gasteiger partial charge in [0, 0.05) is 29.2 Å². The van der Waals surface area contributed by atoms with E-state index in [1.165, 1.54) is 10.4 Å². The summed E-state index contributed by atoms with van der Waals surface area (Å²) in [6.07, 6.45) is 3.98. The Morgan fingerprint density at radius 3 is 2.81 bits per heavy atom. The molecule has 1 aliphatic heterocycles. The molecule has 0 radical (unpaired) electrons. The molecule has 4 N–H and O–H groups in total. The molecule has 0 amide bonds. The lowest BCUT2D eigenvalue weighted by atomic mass is 10.0. The van der Waals surface area contributed by atoms with Crippen molar-refractivity contribution in [2.45, 2.75) is 25.4 Å². The molecule has 0 spiro atoms. The minimum absolute atomic E-state index is 0.341. The maximum absolute atomic E-state index is 6.19. The van der Waals surface area contributed by atoms with Crippen LogP contribution in [0.25, 0.3) is 21.2 Å². The van der Waals surface area contributed by atoms with Gasteiger partial charge in [-0.05, 0) is 60.5 Å². The Hall–Kier alpha value is -2.15. The minimum Gasteiger partial charge on any atom is -0.496 e. The molecule has 26 heavy (non-hydrogen) atoms. The third kappa shape index (κ3) is 3.28. The highest BCUT2D eigenvalue weighted by molar-refractivity contribution is 7.13. The molecule has 0 unspecified atom stereocenters. The molecular weight excluding hydrogens is 344 g/mol. The largest absolute Gasteiger partial charge is 0.496 e. The van der Waals surface area contributed by atoms with Gasteiger partial charge in [0.15, 0.2) is 0 Å². The highest BCUT2D eigenvalue weighted by Crippen LogP contribution is 2.39. The van der Waals surface area contributed by atoms with Gasteiger partial charge in [-0.1, -0.05) is 6.07 Å². The molecule has 3 heterocycles. The average Bonchev–Trinajstić information content (AvgIpc) is 3.17. The van der Waals surface area contributed by atoms with E-state index in [9.17, 15) is 0 Å². The summed E-state index contributed by atoms with van der Waals surface area (Å²) in [7, 11) is 1.69.